The van der Waals surface area contributed by atoms with Crippen molar-refractivity contribution in [3.05, 3.63) is 52.8 Å². The molecule has 10 heteroatoms. The van der Waals surface area contributed by atoms with Crippen LogP contribution in [-0.2, 0) is 16.1 Å². The maximum atomic E-state index is 13.8. The predicted molar refractivity (Wildman–Crippen MR) is 132 cm³/mol. The number of Topliss-reactive ketones (excluding diaryl/α,β-unsaturated/α-hetero) is 1. The summed E-state index contributed by atoms with van der Waals surface area (Å²) < 4.78 is 19.0. The van der Waals surface area contributed by atoms with Crippen molar-refractivity contribution in [1.29, 1.82) is 0 Å². The maximum absolute atomic E-state index is 13.8. The van der Waals surface area contributed by atoms with Crippen LogP contribution in [0.5, 0.6) is 5.88 Å². The molecule has 2 aliphatic rings. The number of amides is 2. The standard InChI is InChI=1S/C26H32FN5O4/c1-5-36-25-20(10-19-21(11-29-23(19)30-25)22(33)24(34)28-4)26(35)32-13-15(2)31(12-16(32)3)14-17-6-8-18(27)9-7-17/h6-10,15-16,21H,5,11-14H2,1-4H3,(H,28,34)(H,29,30)/t15-,16+,21?/m0/s1. The van der Waals surface area contributed by atoms with Crippen LogP contribution >= 0.6 is 0 Å². The summed E-state index contributed by atoms with van der Waals surface area (Å²) in [6.07, 6.45) is 0. The molecule has 0 saturated carbocycles. The third-order valence-corrected chi connectivity index (χ3v) is 6.82. The Bertz CT molecular complexity index is 1160. The largest absolute Gasteiger partial charge is 0.477 e. The number of rotatable bonds is 7. The molecule has 2 N–H and O–H groups in total. The minimum atomic E-state index is -0.724. The van der Waals surface area contributed by atoms with Crippen LogP contribution in [0.15, 0.2) is 30.3 Å². The quantitative estimate of drug-likeness (QED) is 0.565. The van der Waals surface area contributed by atoms with Crippen molar-refractivity contribution in [1.82, 2.24) is 20.1 Å². The number of hydrogen-bond acceptors (Lipinski definition) is 7. The van der Waals surface area contributed by atoms with Crippen molar-refractivity contribution < 1.29 is 23.5 Å². The number of piperazine rings is 1. The summed E-state index contributed by atoms with van der Waals surface area (Å²) in [5.41, 5.74) is 1.81. The van der Waals surface area contributed by atoms with Crippen molar-refractivity contribution in [3.63, 3.8) is 0 Å². The van der Waals surface area contributed by atoms with Gasteiger partial charge in [-0.3, -0.25) is 19.3 Å². The number of nitrogens with zero attached hydrogens (tertiary/aromatic N) is 3. The highest BCUT2D eigenvalue weighted by molar-refractivity contribution is 6.38. The Balaban J connectivity index is 1.57. The number of benzene rings is 1. The van der Waals surface area contributed by atoms with Crippen LogP contribution in [0.2, 0.25) is 0 Å². The fourth-order valence-electron chi connectivity index (χ4n) is 4.82. The number of nitrogens with one attached hydrogen (secondary N) is 2. The molecule has 36 heavy (non-hydrogen) atoms. The molecule has 1 fully saturated rings. The second-order valence-corrected chi connectivity index (χ2v) is 9.30. The number of aromatic nitrogens is 1. The van der Waals surface area contributed by atoms with Gasteiger partial charge in [0.25, 0.3) is 11.8 Å². The second kappa shape index (κ2) is 10.6. The van der Waals surface area contributed by atoms with E-state index in [2.05, 4.69) is 27.4 Å². The van der Waals surface area contributed by atoms with E-state index < -0.39 is 17.6 Å². The summed E-state index contributed by atoms with van der Waals surface area (Å²) in [4.78, 5) is 46.9. The summed E-state index contributed by atoms with van der Waals surface area (Å²) in [6.45, 7) is 8.21. The number of likely N-dealkylation sites (N-methyl/N-ethyl adjacent to an activating group) is 1. The SMILES string of the molecule is CCOc1nc2c(cc1C(=O)N1C[C@H](C)N(Cc3ccc(F)cc3)C[C@H]1C)C(C(=O)C(=O)NC)CN2. The smallest absolute Gasteiger partial charge is 0.287 e. The number of hydrogen-bond donors (Lipinski definition) is 2. The van der Waals surface area contributed by atoms with Crippen LogP contribution in [-0.4, -0.2) is 77.8 Å². The molecule has 2 aromatic rings. The molecule has 0 spiro atoms. The van der Waals surface area contributed by atoms with E-state index in [0.717, 1.165) is 5.56 Å². The molecule has 1 saturated heterocycles. The minimum absolute atomic E-state index is 0.0670. The minimum Gasteiger partial charge on any atom is -0.477 e. The number of carbonyl (C=O) groups is 3. The van der Waals surface area contributed by atoms with Crippen molar-refractivity contribution >= 4 is 23.4 Å². The van der Waals surface area contributed by atoms with Gasteiger partial charge in [-0.15, -0.1) is 0 Å². The Morgan fingerprint density at radius 1 is 1.17 bits per heavy atom. The van der Waals surface area contributed by atoms with Gasteiger partial charge in [0, 0.05) is 50.9 Å². The Hall–Kier alpha value is -3.53. The third kappa shape index (κ3) is 5.04. The lowest BCUT2D eigenvalue weighted by atomic mass is 9.95. The molecule has 1 unspecified atom stereocenters. The number of fused-ring (bicyclic) bond motifs is 1. The first kappa shape index (κ1) is 25.6. The Morgan fingerprint density at radius 3 is 2.56 bits per heavy atom. The first-order valence-corrected chi connectivity index (χ1v) is 12.2. The monoisotopic (exact) mass is 497 g/mol. The van der Waals surface area contributed by atoms with E-state index in [1.165, 1.54) is 19.2 Å². The summed E-state index contributed by atoms with van der Waals surface area (Å²) in [5, 5.41) is 5.42. The van der Waals surface area contributed by atoms with E-state index in [1.54, 1.807) is 23.1 Å². The number of carbonyl (C=O) groups excluding carboxylic acids is 3. The van der Waals surface area contributed by atoms with Crippen molar-refractivity contribution in [2.75, 3.05) is 38.6 Å². The molecule has 2 aliphatic heterocycles. The number of ether oxygens (including phenoxy) is 1. The highest BCUT2D eigenvalue weighted by Gasteiger charge is 2.38. The van der Waals surface area contributed by atoms with Crippen LogP contribution in [0.25, 0.3) is 0 Å². The molecule has 1 aromatic heterocycles. The average Bonchev–Trinajstić information content (AvgIpc) is 3.28. The molecule has 4 rings (SSSR count). The Morgan fingerprint density at radius 2 is 1.89 bits per heavy atom. The van der Waals surface area contributed by atoms with Gasteiger partial charge in [-0.25, -0.2) is 4.39 Å². The molecular weight excluding hydrogens is 465 g/mol. The van der Waals surface area contributed by atoms with E-state index >= 15 is 0 Å². The van der Waals surface area contributed by atoms with Crippen molar-refractivity contribution in [2.24, 2.45) is 0 Å². The first-order chi connectivity index (χ1) is 17.2. The van der Waals surface area contributed by atoms with E-state index in [0.29, 0.717) is 37.6 Å². The lowest BCUT2D eigenvalue weighted by Crippen LogP contribution is -2.57. The first-order valence-electron chi connectivity index (χ1n) is 12.2. The predicted octanol–water partition coefficient (Wildman–Crippen LogP) is 2.18. The lowest BCUT2D eigenvalue weighted by molar-refractivity contribution is -0.138. The van der Waals surface area contributed by atoms with Crippen LogP contribution in [0.3, 0.4) is 0 Å². The van der Waals surface area contributed by atoms with E-state index in [-0.39, 0.29) is 41.8 Å². The molecule has 192 valence electrons. The fraction of sp³-hybridized carbons (Fsp3) is 0.462. The van der Waals surface area contributed by atoms with Crippen LogP contribution < -0.4 is 15.4 Å². The third-order valence-electron chi connectivity index (χ3n) is 6.82. The average molecular weight is 498 g/mol. The van der Waals surface area contributed by atoms with E-state index in [4.69, 9.17) is 4.74 Å². The summed E-state index contributed by atoms with van der Waals surface area (Å²) in [7, 11) is 1.41. The zero-order chi connectivity index (χ0) is 26.0. The number of halogens is 1. The Labute approximate surface area is 210 Å². The van der Waals surface area contributed by atoms with Gasteiger partial charge in [0.2, 0.25) is 11.7 Å². The van der Waals surface area contributed by atoms with E-state index in [1.807, 2.05) is 13.8 Å². The van der Waals surface area contributed by atoms with Gasteiger partial charge in [-0.1, -0.05) is 12.1 Å². The molecule has 0 aliphatic carbocycles. The normalized spacial score (nSPS) is 21.5. The second-order valence-electron chi connectivity index (χ2n) is 9.30. The van der Waals surface area contributed by atoms with Gasteiger partial charge < -0.3 is 20.3 Å². The summed E-state index contributed by atoms with van der Waals surface area (Å²) in [5.74, 6) is -1.83. The van der Waals surface area contributed by atoms with Crippen LogP contribution in [0.1, 0.15) is 48.2 Å². The van der Waals surface area contributed by atoms with Gasteiger partial charge in [0.1, 0.15) is 17.2 Å². The van der Waals surface area contributed by atoms with E-state index in [9.17, 15) is 18.8 Å². The molecular formula is C26H32FN5O4. The van der Waals surface area contributed by atoms with Crippen molar-refractivity contribution in [3.8, 4) is 5.88 Å². The van der Waals surface area contributed by atoms with Crippen LogP contribution in [0, 0.1) is 5.82 Å². The van der Waals surface area contributed by atoms with Gasteiger partial charge in [-0.05, 0) is 44.5 Å². The Kier molecular flexibility index (Phi) is 7.53. The topological polar surface area (TPSA) is 104 Å². The number of anilines is 1. The number of pyridine rings is 1. The molecule has 3 atom stereocenters. The summed E-state index contributed by atoms with van der Waals surface area (Å²) >= 11 is 0. The van der Waals surface area contributed by atoms with Crippen molar-refractivity contribution in [2.45, 2.75) is 45.3 Å². The van der Waals surface area contributed by atoms with Gasteiger partial charge in [0.15, 0.2) is 0 Å². The molecule has 0 radical (unpaired) electrons. The summed E-state index contributed by atoms with van der Waals surface area (Å²) in [6, 6.07) is 8.07. The fourth-order valence-corrected chi connectivity index (χ4v) is 4.82. The highest BCUT2D eigenvalue weighted by atomic mass is 19.1. The molecule has 9 nitrogen and oxygen atoms in total. The highest BCUT2D eigenvalue weighted by Crippen LogP contribution is 2.35. The van der Waals surface area contributed by atoms with Gasteiger partial charge >= 0.3 is 0 Å². The number of ketones is 1. The maximum Gasteiger partial charge on any atom is 0.287 e. The van der Waals surface area contributed by atoms with Gasteiger partial charge in [0.05, 0.1) is 12.5 Å². The molecule has 3 heterocycles. The molecule has 1 aromatic carbocycles. The van der Waals surface area contributed by atoms with Gasteiger partial charge in [-0.2, -0.15) is 4.98 Å². The zero-order valence-electron chi connectivity index (χ0n) is 21.0. The lowest BCUT2D eigenvalue weighted by Gasteiger charge is -2.44. The molecule has 2 amide bonds. The van der Waals surface area contributed by atoms with Crippen LogP contribution in [0.4, 0.5) is 10.2 Å². The zero-order valence-corrected chi connectivity index (χ0v) is 21.0. The molecule has 0 bridgehead atoms.